The molecule has 5 nitrogen and oxygen atoms in total. The Morgan fingerprint density at radius 1 is 1.19 bits per heavy atom. The quantitative estimate of drug-likeness (QED) is 0.829. The van der Waals surface area contributed by atoms with Gasteiger partial charge in [0.2, 0.25) is 0 Å². The van der Waals surface area contributed by atoms with Crippen molar-refractivity contribution >= 4 is 17.3 Å². The van der Waals surface area contributed by atoms with Crippen molar-refractivity contribution in [1.29, 1.82) is 0 Å². The van der Waals surface area contributed by atoms with Crippen LogP contribution in [0.5, 0.6) is 5.75 Å². The average molecular weight is 286 g/mol. The molecule has 1 amide bonds. The predicted molar refractivity (Wildman–Crippen MR) is 82.5 cm³/mol. The molecule has 0 heterocycles. The smallest absolute Gasteiger partial charge is 0.259 e. The lowest BCUT2D eigenvalue weighted by atomic mass is 10.1. The van der Waals surface area contributed by atoms with E-state index in [0.29, 0.717) is 29.3 Å². The molecule has 0 aliphatic rings. The number of methoxy groups -OCH3 is 2. The third-order valence-electron chi connectivity index (χ3n) is 2.99. The van der Waals surface area contributed by atoms with Gasteiger partial charge in [-0.15, -0.1) is 0 Å². The minimum Gasteiger partial charge on any atom is -0.494 e. The molecule has 0 spiro atoms. The van der Waals surface area contributed by atoms with Crippen LogP contribution in [0.25, 0.3) is 0 Å². The summed E-state index contributed by atoms with van der Waals surface area (Å²) in [6, 6.07) is 12.5. The molecule has 2 aromatic rings. The number of nitrogens with one attached hydrogen (secondary N) is 1. The van der Waals surface area contributed by atoms with E-state index in [1.807, 2.05) is 24.3 Å². The van der Waals surface area contributed by atoms with Gasteiger partial charge in [-0.1, -0.05) is 18.2 Å². The van der Waals surface area contributed by atoms with Crippen LogP contribution in [0, 0.1) is 0 Å². The molecule has 0 saturated carbocycles. The zero-order valence-corrected chi connectivity index (χ0v) is 12.1. The zero-order chi connectivity index (χ0) is 15.2. The van der Waals surface area contributed by atoms with Crippen LogP contribution in [0.15, 0.2) is 42.5 Å². The maximum Gasteiger partial charge on any atom is 0.259 e. The molecule has 0 saturated heterocycles. The van der Waals surface area contributed by atoms with Gasteiger partial charge in [-0.25, -0.2) is 0 Å². The van der Waals surface area contributed by atoms with Crippen LogP contribution in [0.1, 0.15) is 15.9 Å². The van der Waals surface area contributed by atoms with E-state index in [-0.39, 0.29) is 5.91 Å². The van der Waals surface area contributed by atoms with Gasteiger partial charge >= 0.3 is 0 Å². The Hall–Kier alpha value is -2.53. The number of rotatable bonds is 5. The summed E-state index contributed by atoms with van der Waals surface area (Å²) in [5.41, 5.74) is 8.31. The van der Waals surface area contributed by atoms with Crippen molar-refractivity contribution in [1.82, 2.24) is 0 Å². The summed E-state index contributed by atoms with van der Waals surface area (Å²) in [5.74, 6) is 0.108. The third-order valence-corrected chi connectivity index (χ3v) is 2.99. The van der Waals surface area contributed by atoms with Crippen LogP contribution in [0.4, 0.5) is 11.4 Å². The molecule has 5 heteroatoms. The SMILES string of the molecule is COCc1cccc(NC(=O)c2cccc(N)c2OC)c1. The summed E-state index contributed by atoms with van der Waals surface area (Å²) in [4.78, 5) is 12.3. The van der Waals surface area contributed by atoms with Gasteiger partial charge in [-0.2, -0.15) is 0 Å². The molecule has 0 aliphatic carbocycles. The summed E-state index contributed by atoms with van der Waals surface area (Å²) in [6.45, 7) is 0.491. The van der Waals surface area contributed by atoms with Crippen molar-refractivity contribution in [3.8, 4) is 5.75 Å². The number of para-hydroxylation sites is 1. The number of nitrogen functional groups attached to an aromatic ring is 1. The second kappa shape index (κ2) is 6.76. The summed E-state index contributed by atoms with van der Waals surface area (Å²) in [5, 5.41) is 2.83. The first-order valence-electron chi connectivity index (χ1n) is 6.47. The van der Waals surface area contributed by atoms with E-state index < -0.39 is 0 Å². The highest BCUT2D eigenvalue weighted by Gasteiger charge is 2.14. The Labute approximate surface area is 123 Å². The molecule has 3 N–H and O–H groups in total. The normalized spacial score (nSPS) is 10.2. The highest BCUT2D eigenvalue weighted by molar-refractivity contribution is 6.07. The van der Waals surface area contributed by atoms with E-state index >= 15 is 0 Å². The molecular formula is C16H18N2O3. The van der Waals surface area contributed by atoms with Gasteiger partial charge < -0.3 is 20.5 Å². The molecule has 21 heavy (non-hydrogen) atoms. The Morgan fingerprint density at radius 2 is 1.95 bits per heavy atom. The van der Waals surface area contributed by atoms with E-state index in [1.165, 1.54) is 7.11 Å². The van der Waals surface area contributed by atoms with Crippen LogP contribution in [-0.4, -0.2) is 20.1 Å². The fourth-order valence-corrected chi connectivity index (χ4v) is 2.07. The van der Waals surface area contributed by atoms with Crippen LogP contribution in [0.2, 0.25) is 0 Å². The van der Waals surface area contributed by atoms with Crippen LogP contribution in [-0.2, 0) is 11.3 Å². The molecule has 0 unspecified atom stereocenters. The fourth-order valence-electron chi connectivity index (χ4n) is 2.07. The Kier molecular flexibility index (Phi) is 4.79. The van der Waals surface area contributed by atoms with Gasteiger partial charge in [0.1, 0.15) is 0 Å². The summed E-state index contributed by atoms with van der Waals surface area (Å²) >= 11 is 0. The Bertz CT molecular complexity index is 641. The number of hydrogen-bond acceptors (Lipinski definition) is 4. The summed E-state index contributed by atoms with van der Waals surface area (Å²) < 4.78 is 10.3. The van der Waals surface area contributed by atoms with Gasteiger partial charge in [0.05, 0.1) is 25.0 Å². The lowest BCUT2D eigenvalue weighted by molar-refractivity contribution is 0.102. The maximum atomic E-state index is 12.3. The number of carbonyl (C=O) groups excluding carboxylic acids is 1. The number of anilines is 2. The highest BCUT2D eigenvalue weighted by atomic mass is 16.5. The topological polar surface area (TPSA) is 73.6 Å². The molecule has 0 aliphatic heterocycles. The number of hydrogen-bond donors (Lipinski definition) is 2. The number of carbonyl (C=O) groups is 1. The monoisotopic (exact) mass is 286 g/mol. The molecule has 0 bridgehead atoms. The van der Waals surface area contributed by atoms with E-state index in [9.17, 15) is 4.79 Å². The second-order valence-corrected chi connectivity index (χ2v) is 4.52. The first-order chi connectivity index (χ1) is 10.2. The molecule has 0 radical (unpaired) electrons. The van der Waals surface area contributed by atoms with Gasteiger partial charge in [-0.05, 0) is 29.8 Å². The molecule has 0 fully saturated rings. The third kappa shape index (κ3) is 3.52. The van der Waals surface area contributed by atoms with Crippen LogP contribution < -0.4 is 15.8 Å². The first-order valence-corrected chi connectivity index (χ1v) is 6.47. The summed E-state index contributed by atoms with van der Waals surface area (Å²) in [6.07, 6.45) is 0. The first kappa shape index (κ1) is 14.9. The molecule has 2 aromatic carbocycles. The number of amides is 1. The molecule has 0 aromatic heterocycles. The van der Waals surface area contributed by atoms with Gasteiger partial charge in [0, 0.05) is 12.8 Å². The van der Waals surface area contributed by atoms with E-state index in [4.69, 9.17) is 15.2 Å². The van der Waals surface area contributed by atoms with Crippen molar-refractivity contribution in [3.05, 3.63) is 53.6 Å². The predicted octanol–water partition coefficient (Wildman–Crippen LogP) is 2.68. The standard InChI is InChI=1S/C16H18N2O3/c1-20-10-11-5-3-6-12(9-11)18-16(19)13-7-4-8-14(17)15(13)21-2/h3-9H,10,17H2,1-2H3,(H,18,19). The molecule has 2 rings (SSSR count). The van der Waals surface area contributed by atoms with Crippen LogP contribution >= 0.6 is 0 Å². The number of benzene rings is 2. The van der Waals surface area contributed by atoms with E-state index in [2.05, 4.69) is 5.32 Å². The fraction of sp³-hybridized carbons (Fsp3) is 0.188. The Morgan fingerprint density at radius 3 is 2.67 bits per heavy atom. The average Bonchev–Trinajstić information content (AvgIpc) is 2.47. The molecule has 0 atom stereocenters. The lowest BCUT2D eigenvalue weighted by Gasteiger charge is -2.11. The van der Waals surface area contributed by atoms with Crippen molar-refractivity contribution in [3.63, 3.8) is 0 Å². The van der Waals surface area contributed by atoms with E-state index in [0.717, 1.165) is 5.56 Å². The largest absolute Gasteiger partial charge is 0.494 e. The number of ether oxygens (including phenoxy) is 2. The van der Waals surface area contributed by atoms with Crippen molar-refractivity contribution in [2.75, 3.05) is 25.3 Å². The van der Waals surface area contributed by atoms with Crippen LogP contribution in [0.3, 0.4) is 0 Å². The van der Waals surface area contributed by atoms with Gasteiger partial charge in [0.25, 0.3) is 5.91 Å². The maximum absolute atomic E-state index is 12.3. The Balaban J connectivity index is 2.22. The van der Waals surface area contributed by atoms with Crippen molar-refractivity contribution in [2.45, 2.75) is 6.61 Å². The van der Waals surface area contributed by atoms with Gasteiger partial charge in [-0.3, -0.25) is 4.79 Å². The van der Waals surface area contributed by atoms with Crippen molar-refractivity contribution < 1.29 is 14.3 Å². The molecule has 110 valence electrons. The van der Waals surface area contributed by atoms with Crippen molar-refractivity contribution in [2.24, 2.45) is 0 Å². The minimum atomic E-state index is -0.270. The highest BCUT2D eigenvalue weighted by Crippen LogP contribution is 2.26. The minimum absolute atomic E-state index is 0.270. The molecular weight excluding hydrogens is 268 g/mol. The summed E-state index contributed by atoms with van der Waals surface area (Å²) in [7, 11) is 3.12. The second-order valence-electron chi connectivity index (χ2n) is 4.52. The van der Waals surface area contributed by atoms with E-state index in [1.54, 1.807) is 25.3 Å². The zero-order valence-electron chi connectivity index (χ0n) is 12.1. The number of nitrogens with two attached hydrogens (primary N) is 1. The lowest BCUT2D eigenvalue weighted by Crippen LogP contribution is -2.14. The van der Waals surface area contributed by atoms with Gasteiger partial charge in [0.15, 0.2) is 5.75 Å².